The Morgan fingerprint density at radius 1 is 1.47 bits per heavy atom. The van der Waals surface area contributed by atoms with Crippen molar-refractivity contribution in [2.75, 3.05) is 6.54 Å². The van der Waals surface area contributed by atoms with Crippen LogP contribution < -0.4 is 5.32 Å². The third-order valence-electron chi connectivity index (χ3n) is 1.85. The molecule has 1 N–H and O–H groups in total. The number of amides is 1. The monoisotopic (exact) mass is 287 g/mol. The lowest BCUT2D eigenvalue weighted by Gasteiger charge is -2.10. The first-order valence-corrected chi connectivity index (χ1v) is 6.50. The molecule has 0 bridgehead atoms. The molecule has 0 heterocycles. The Labute approximate surface area is 103 Å². The van der Waals surface area contributed by atoms with Gasteiger partial charge in [-0.1, -0.05) is 15.9 Å². The molecule has 0 saturated carbocycles. The highest BCUT2D eigenvalue weighted by molar-refractivity contribution is 9.10. The fourth-order valence-electron chi connectivity index (χ4n) is 1.09. The van der Waals surface area contributed by atoms with Gasteiger partial charge in [-0.15, -0.1) is 11.8 Å². The molecule has 0 saturated heterocycles. The Morgan fingerprint density at radius 3 is 2.60 bits per heavy atom. The molecule has 82 valence electrons. The molecule has 1 aromatic carbocycles. The molecule has 4 heteroatoms. The molecule has 0 aliphatic carbocycles. The average molecular weight is 288 g/mol. The van der Waals surface area contributed by atoms with Gasteiger partial charge in [0.1, 0.15) is 0 Å². The van der Waals surface area contributed by atoms with Gasteiger partial charge in [-0.25, -0.2) is 0 Å². The van der Waals surface area contributed by atoms with E-state index in [4.69, 9.17) is 0 Å². The van der Waals surface area contributed by atoms with E-state index in [0.29, 0.717) is 6.54 Å². The highest BCUT2D eigenvalue weighted by atomic mass is 79.9. The molecule has 0 aliphatic heterocycles. The van der Waals surface area contributed by atoms with Crippen LogP contribution >= 0.6 is 27.7 Å². The van der Waals surface area contributed by atoms with E-state index < -0.39 is 0 Å². The second kappa shape index (κ2) is 6.18. The minimum atomic E-state index is -0.0499. The van der Waals surface area contributed by atoms with Crippen molar-refractivity contribution in [3.8, 4) is 0 Å². The fourth-order valence-corrected chi connectivity index (χ4v) is 2.24. The van der Waals surface area contributed by atoms with Crippen molar-refractivity contribution in [2.24, 2.45) is 0 Å². The van der Waals surface area contributed by atoms with Gasteiger partial charge in [-0.05, 0) is 38.1 Å². The SMILES string of the molecule is CCNC(=O)C(C)Sc1ccc(Br)cc1. The van der Waals surface area contributed by atoms with Crippen LogP contribution in [-0.4, -0.2) is 17.7 Å². The maximum atomic E-state index is 11.5. The van der Waals surface area contributed by atoms with Crippen LogP contribution in [0.25, 0.3) is 0 Å². The first kappa shape index (κ1) is 12.6. The van der Waals surface area contributed by atoms with Crippen molar-refractivity contribution in [1.82, 2.24) is 5.32 Å². The summed E-state index contributed by atoms with van der Waals surface area (Å²) in [5.74, 6) is 0.0884. The van der Waals surface area contributed by atoms with Crippen LogP contribution in [0.3, 0.4) is 0 Å². The molecule has 15 heavy (non-hydrogen) atoms. The van der Waals surface area contributed by atoms with Gasteiger partial charge >= 0.3 is 0 Å². The topological polar surface area (TPSA) is 29.1 Å². The first-order chi connectivity index (χ1) is 7.13. The van der Waals surface area contributed by atoms with E-state index in [2.05, 4.69) is 21.2 Å². The number of halogens is 1. The van der Waals surface area contributed by atoms with Crippen LogP contribution in [0.15, 0.2) is 33.6 Å². The van der Waals surface area contributed by atoms with Crippen LogP contribution in [0.1, 0.15) is 13.8 Å². The molecule has 0 radical (unpaired) electrons. The Bertz CT molecular complexity index is 326. The van der Waals surface area contributed by atoms with Gasteiger partial charge in [0, 0.05) is 15.9 Å². The highest BCUT2D eigenvalue weighted by Crippen LogP contribution is 2.24. The van der Waals surface area contributed by atoms with Gasteiger partial charge < -0.3 is 5.32 Å². The molecule has 1 rings (SSSR count). The number of hydrogen-bond donors (Lipinski definition) is 1. The predicted octanol–water partition coefficient (Wildman–Crippen LogP) is 3.07. The van der Waals surface area contributed by atoms with Crippen LogP contribution in [-0.2, 0) is 4.79 Å². The minimum Gasteiger partial charge on any atom is -0.355 e. The number of thioether (sulfide) groups is 1. The average Bonchev–Trinajstić information content (AvgIpc) is 2.22. The van der Waals surface area contributed by atoms with Crippen molar-refractivity contribution in [1.29, 1.82) is 0 Å². The van der Waals surface area contributed by atoms with Crippen molar-refractivity contribution in [3.05, 3.63) is 28.7 Å². The number of benzene rings is 1. The van der Waals surface area contributed by atoms with E-state index in [1.807, 2.05) is 38.1 Å². The summed E-state index contributed by atoms with van der Waals surface area (Å²) in [6.45, 7) is 4.52. The van der Waals surface area contributed by atoms with Crippen LogP contribution in [0.2, 0.25) is 0 Å². The van der Waals surface area contributed by atoms with Crippen LogP contribution in [0, 0.1) is 0 Å². The Balaban J connectivity index is 2.54. The fraction of sp³-hybridized carbons (Fsp3) is 0.364. The van der Waals surface area contributed by atoms with Gasteiger partial charge in [0.15, 0.2) is 0 Å². The molecule has 1 amide bonds. The number of hydrogen-bond acceptors (Lipinski definition) is 2. The highest BCUT2D eigenvalue weighted by Gasteiger charge is 2.12. The third kappa shape index (κ3) is 4.26. The lowest BCUT2D eigenvalue weighted by Crippen LogP contribution is -2.30. The van der Waals surface area contributed by atoms with E-state index in [0.717, 1.165) is 9.37 Å². The maximum absolute atomic E-state index is 11.5. The van der Waals surface area contributed by atoms with Crippen LogP contribution in [0.4, 0.5) is 0 Å². The molecule has 1 unspecified atom stereocenters. The lowest BCUT2D eigenvalue weighted by atomic mass is 10.4. The summed E-state index contributed by atoms with van der Waals surface area (Å²) in [6.07, 6.45) is 0. The standard InChI is InChI=1S/C11H14BrNOS/c1-3-13-11(14)8(2)15-10-6-4-9(12)5-7-10/h4-8H,3H2,1-2H3,(H,13,14). The van der Waals surface area contributed by atoms with Crippen molar-refractivity contribution in [3.63, 3.8) is 0 Å². The van der Waals surface area contributed by atoms with Crippen molar-refractivity contribution < 1.29 is 4.79 Å². The zero-order chi connectivity index (χ0) is 11.3. The molecular weight excluding hydrogens is 274 g/mol. The van der Waals surface area contributed by atoms with Gasteiger partial charge in [-0.2, -0.15) is 0 Å². The zero-order valence-electron chi connectivity index (χ0n) is 8.79. The number of carbonyl (C=O) groups excluding carboxylic acids is 1. The molecule has 0 aliphatic rings. The minimum absolute atomic E-state index is 0.0499. The van der Waals surface area contributed by atoms with Gasteiger partial charge in [0.05, 0.1) is 5.25 Å². The summed E-state index contributed by atoms with van der Waals surface area (Å²) in [5, 5.41) is 2.76. The van der Waals surface area contributed by atoms with E-state index in [-0.39, 0.29) is 11.2 Å². The summed E-state index contributed by atoms with van der Waals surface area (Å²) in [7, 11) is 0. The summed E-state index contributed by atoms with van der Waals surface area (Å²) in [4.78, 5) is 12.6. The van der Waals surface area contributed by atoms with E-state index in [1.165, 1.54) is 0 Å². The maximum Gasteiger partial charge on any atom is 0.233 e. The Morgan fingerprint density at radius 2 is 2.07 bits per heavy atom. The first-order valence-electron chi connectivity index (χ1n) is 4.83. The molecule has 2 nitrogen and oxygen atoms in total. The number of rotatable bonds is 4. The Hall–Kier alpha value is -0.480. The summed E-state index contributed by atoms with van der Waals surface area (Å²) in [6, 6.07) is 7.97. The smallest absolute Gasteiger partial charge is 0.233 e. The third-order valence-corrected chi connectivity index (χ3v) is 3.49. The predicted molar refractivity (Wildman–Crippen MR) is 68.1 cm³/mol. The Kier molecular flexibility index (Phi) is 5.19. The normalized spacial score (nSPS) is 12.2. The number of nitrogens with one attached hydrogen (secondary N) is 1. The number of carbonyl (C=O) groups is 1. The quantitative estimate of drug-likeness (QED) is 0.863. The molecule has 1 atom stereocenters. The molecule has 0 spiro atoms. The van der Waals surface area contributed by atoms with Crippen LogP contribution in [0.5, 0.6) is 0 Å². The molecular formula is C11H14BrNOS. The van der Waals surface area contributed by atoms with Crippen molar-refractivity contribution >= 4 is 33.6 Å². The van der Waals surface area contributed by atoms with E-state index in [9.17, 15) is 4.79 Å². The zero-order valence-corrected chi connectivity index (χ0v) is 11.2. The summed E-state index contributed by atoms with van der Waals surface area (Å²) in [5.41, 5.74) is 0. The second-order valence-electron chi connectivity index (χ2n) is 3.11. The lowest BCUT2D eigenvalue weighted by molar-refractivity contribution is -0.120. The van der Waals surface area contributed by atoms with E-state index in [1.54, 1.807) is 11.8 Å². The molecule has 0 fully saturated rings. The van der Waals surface area contributed by atoms with Gasteiger partial charge in [0.25, 0.3) is 0 Å². The molecule has 1 aromatic rings. The van der Waals surface area contributed by atoms with Crippen molar-refractivity contribution in [2.45, 2.75) is 24.0 Å². The summed E-state index contributed by atoms with van der Waals surface area (Å²) >= 11 is 4.94. The van der Waals surface area contributed by atoms with E-state index >= 15 is 0 Å². The summed E-state index contributed by atoms with van der Waals surface area (Å²) < 4.78 is 1.05. The largest absolute Gasteiger partial charge is 0.355 e. The molecule has 0 aromatic heterocycles. The van der Waals surface area contributed by atoms with Gasteiger partial charge in [-0.3, -0.25) is 4.79 Å². The second-order valence-corrected chi connectivity index (χ2v) is 5.44. The van der Waals surface area contributed by atoms with Gasteiger partial charge in [0.2, 0.25) is 5.91 Å².